The van der Waals surface area contributed by atoms with Crippen molar-refractivity contribution in [2.45, 2.75) is 25.3 Å². The number of benzene rings is 2. The quantitative estimate of drug-likeness (QED) is 0.563. The minimum Gasteiger partial charge on any atom is -0.377 e. The fourth-order valence-electron chi connectivity index (χ4n) is 2.94. The summed E-state index contributed by atoms with van der Waals surface area (Å²) in [5, 5.41) is 0. The molecule has 0 heterocycles. The summed E-state index contributed by atoms with van der Waals surface area (Å²) in [5.41, 5.74) is 3.98. The van der Waals surface area contributed by atoms with Crippen LogP contribution in [0.2, 0.25) is 6.04 Å². The van der Waals surface area contributed by atoms with Crippen LogP contribution in [0.5, 0.6) is 0 Å². The van der Waals surface area contributed by atoms with E-state index in [1.807, 2.05) is 6.07 Å². The first-order chi connectivity index (χ1) is 12.2. The van der Waals surface area contributed by atoms with Crippen molar-refractivity contribution in [3.63, 3.8) is 0 Å². The lowest BCUT2D eigenvalue weighted by atomic mass is 9.99. The number of hydrogen-bond donors (Lipinski definition) is 0. The minimum absolute atomic E-state index is 0.817. The molecule has 0 aromatic heterocycles. The van der Waals surface area contributed by atoms with E-state index in [0.29, 0.717) is 0 Å². The van der Waals surface area contributed by atoms with Crippen LogP contribution < -0.4 is 0 Å². The van der Waals surface area contributed by atoms with E-state index in [1.54, 1.807) is 21.3 Å². The third-order valence-electron chi connectivity index (χ3n) is 4.36. The maximum atomic E-state index is 5.53. The van der Waals surface area contributed by atoms with Crippen molar-refractivity contribution in [2.24, 2.45) is 0 Å². The van der Waals surface area contributed by atoms with Gasteiger partial charge in [0.2, 0.25) is 0 Å². The molecule has 2 aromatic carbocycles. The van der Waals surface area contributed by atoms with E-state index in [1.165, 1.54) is 16.7 Å². The van der Waals surface area contributed by atoms with Gasteiger partial charge in [-0.1, -0.05) is 72.3 Å². The molecule has 0 radical (unpaired) electrons. The van der Waals surface area contributed by atoms with Crippen LogP contribution >= 0.6 is 0 Å². The summed E-state index contributed by atoms with van der Waals surface area (Å²) < 4.78 is 16.6. The third-order valence-corrected chi connectivity index (χ3v) is 7.19. The van der Waals surface area contributed by atoms with Gasteiger partial charge < -0.3 is 13.3 Å². The Morgan fingerprint density at radius 2 is 1.40 bits per heavy atom. The Kier molecular flexibility index (Phi) is 8.08. The summed E-state index contributed by atoms with van der Waals surface area (Å²) in [6.07, 6.45) is 5.22. The van der Waals surface area contributed by atoms with E-state index in [2.05, 4.69) is 60.7 Å². The van der Waals surface area contributed by atoms with Crippen molar-refractivity contribution in [1.29, 1.82) is 0 Å². The van der Waals surface area contributed by atoms with Crippen LogP contribution in [-0.4, -0.2) is 30.1 Å². The maximum absolute atomic E-state index is 5.53. The van der Waals surface area contributed by atoms with Crippen molar-refractivity contribution in [1.82, 2.24) is 0 Å². The van der Waals surface area contributed by atoms with Gasteiger partial charge in [0, 0.05) is 27.4 Å². The summed E-state index contributed by atoms with van der Waals surface area (Å²) in [6, 6.07) is 21.9. The van der Waals surface area contributed by atoms with Gasteiger partial charge in [-0.3, -0.25) is 0 Å². The molecule has 0 atom stereocenters. The number of rotatable bonds is 10. The number of hydrogen-bond acceptors (Lipinski definition) is 3. The zero-order chi connectivity index (χ0) is 18.0. The lowest BCUT2D eigenvalue weighted by Gasteiger charge is -2.24. The fraction of sp³-hybridized carbons (Fsp3) is 0.333. The first-order valence-electron chi connectivity index (χ1n) is 8.65. The van der Waals surface area contributed by atoms with Crippen LogP contribution in [-0.2, 0) is 19.7 Å². The molecule has 0 N–H and O–H groups in total. The lowest BCUT2D eigenvalue weighted by molar-refractivity contribution is 0.123. The van der Waals surface area contributed by atoms with Gasteiger partial charge in [0.25, 0.3) is 0 Å². The second-order valence-corrected chi connectivity index (χ2v) is 9.12. The van der Waals surface area contributed by atoms with Crippen molar-refractivity contribution in [3.05, 3.63) is 77.4 Å². The molecule has 0 bridgehead atoms. The molecular weight excluding hydrogens is 328 g/mol. The van der Waals surface area contributed by atoms with Crippen molar-refractivity contribution < 1.29 is 13.3 Å². The molecule has 134 valence electrons. The Hall–Kier alpha value is -1.72. The smallest absolute Gasteiger partial charge is 0.377 e. The van der Waals surface area contributed by atoms with Crippen LogP contribution in [0.1, 0.15) is 24.0 Å². The molecule has 0 aliphatic heterocycles. The predicted octanol–water partition coefficient (Wildman–Crippen LogP) is 4.97. The second kappa shape index (κ2) is 10.3. The van der Waals surface area contributed by atoms with E-state index in [4.69, 9.17) is 13.3 Å². The van der Waals surface area contributed by atoms with Crippen LogP contribution in [0.15, 0.2) is 66.2 Å². The average molecular weight is 357 g/mol. The molecule has 0 fully saturated rings. The van der Waals surface area contributed by atoms with Gasteiger partial charge in [-0.25, -0.2) is 0 Å². The number of allylic oxidation sites excluding steroid dienone is 1. The molecule has 4 heteroatoms. The second-order valence-electron chi connectivity index (χ2n) is 6.02. The minimum atomic E-state index is -2.50. The van der Waals surface area contributed by atoms with Gasteiger partial charge >= 0.3 is 8.80 Å². The maximum Gasteiger partial charge on any atom is 0.500 e. The normalized spacial score (nSPS) is 12.4. The lowest BCUT2D eigenvalue weighted by Crippen LogP contribution is -2.42. The Balaban J connectivity index is 2.08. The summed E-state index contributed by atoms with van der Waals surface area (Å²) in [7, 11) is 2.52. The van der Waals surface area contributed by atoms with E-state index < -0.39 is 8.80 Å². The summed E-state index contributed by atoms with van der Waals surface area (Å²) in [4.78, 5) is 0. The molecule has 2 rings (SSSR count). The fourth-order valence-corrected chi connectivity index (χ4v) is 4.66. The summed E-state index contributed by atoms with van der Waals surface area (Å²) >= 11 is 0. The average Bonchev–Trinajstić information content (AvgIpc) is 2.67. The molecule has 0 amide bonds. The van der Waals surface area contributed by atoms with Crippen LogP contribution in [0, 0.1) is 0 Å². The zero-order valence-electron chi connectivity index (χ0n) is 15.4. The van der Waals surface area contributed by atoms with E-state index >= 15 is 0 Å². The van der Waals surface area contributed by atoms with Crippen molar-refractivity contribution in [2.75, 3.05) is 21.3 Å². The SMILES string of the molecule is CO[Si](CCCC(=Cc1ccccc1)Cc1ccccc1)(OC)OC. The Morgan fingerprint density at radius 1 is 0.840 bits per heavy atom. The highest BCUT2D eigenvalue weighted by molar-refractivity contribution is 6.60. The topological polar surface area (TPSA) is 27.7 Å². The molecule has 0 saturated carbocycles. The van der Waals surface area contributed by atoms with Crippen LogP contribution in [0.4, 0.5) is 0 Å². The Bertz CT molecular complexity index is 628. The van der Waals surface area contributed by atoms with E-state index in [-0.39, 0.29) is 0 Å². The van der Waals surface area contributed by atoms with Crippen molar-refractivity contribution in [3.8, 4) is 0 Å². The predicted molar refractivity (Wildman–Crippen MR) is 105 cm³/mol. The largest absolute Gasteiger partial charge is 0.500 e. The van der Waals surface area contributed by atoms with E-state index in [0.717, 1.165) is 25.3 Å². The van der Waals surface area contributed by atoms with Crippen molar-refractivity contribution >= 4 is 14.9 Å². The first-order valence-corrected chi connectivity index (χ1v) is 10.6. The van der Waals surface area contributed by atoms with Gasteiger partial charge in [-0.15, -0.1) is 0 Å². The highest BCUT2D eigenvalue weighted by Crippen LogP contribution is 2.22. The molecule has 0 aliphatic carbocycles. The molecular formula is C21H28O3Si. The van der Waals surface area contributed by atoms with E-state index in [9.17, 15) is 0 Å². The van der Waals surface area contributed by atoms with Gasteiger partial charge in [0.05, 0.1) is 0 Å². The molecule has 25 heavy (non-hydrogen) atoms. The van der Waals surface area contributed by atoms with Crippen LogP contribution in [0.25, 0.3) is 6.08 Å². The molecule has 0 aliphatic rings. The highest BCUT2D eigenvalue weighted by Gasteiger charge is 2.36. The van der Waals surface area contributed by atoms with Crippen LogP contribution in [0.3, 0.4) is 0 Å². The molecule has 0 saturated heterocycles. The molecule has 3 nitrogen and oxygen atoms in total. The summed E-state index contributed by atoms with van der Waals surface area (Å²) in [5.74, 6) is 0. The third kappa shape index (κ3) is 6.25. The highest BCUT2D eigenvalue weighted by atomic mass is 28.4. The molecule has 0 unspecified atom stereocenters. The molecule has 2 aromatic rings. The zero-order valence-corrected chi connectivity index (χ0v) is 16.4. The standard InChI is InChI=1S/C21H28O3Si/c1-22-25(23-2,24-3)16-10-15-21(17-19-11-6-4-7-12-19)18-20-13-8-5-9-14-20/h4-9,11-14,17H,10,15-16,18H2,1-3H3. The Morgan fingerprint density at radius 3 is 1.96 bits per heavy atom. The van der Waals surface area contributed by atoms with Gasteiger partial charge in [0.15, 0.2) is 0 Å². The monoisotopic (exact) mass is 356 g/mol. The summed E-state index contributed by atoms with van der Waals surface area (Å²) in [6.45, 7) is 0. The Labute approximate surface area is 152 Å². The van der Waals surface area contributed by atoms with Gasteiger partial charge in [-0.05, 0) is 30.4 Å². The first kappa shape index (κ1) is 19.6. The van der Waals surface area contributed by atoms with Gasteiger partial charge in [-0.2, -0.15) is 0 Å². The molecule has 0 spiro atoms. The van der Waals surface area contributed by atoms with Gasteiger partial charge in [0.1, 0.15) is 0 Å².